The number of fused-ring (bicyclic) bond motifs is 1. The van der Waals surface area contributed by atoms with E-state index in [4.69, 9.17) is 0 Å². The van der Waals surface area contributed by atoms with E-state index in [1.54, 1.807) is 23.1 Å². The molecular weight excluding hydrogens is 262 g/mol. The first-order valence-electron chi connectivity index (χ1n) is 6.27. The van der Waals surface area contributed by atoms with Gasteiger partial charge in [-0.2, -0.15) is 0 Å². The van der Waals surface area contributed by atoms with E-state index in [9.17, 15) is 0 Å². The summed E-state index contributed by atoms with van der Waals surface area (Å²) in [7, 11) is 0. The molecule has 0 radical (unpaired) electrons. The molecule has 1 aliphatic heterocycles. The van der Waals surface area contributed by atoms with Gasteiger partial charge in [0.15, 0.2) is 4.34 Å². The Morgan fingerprint density at radius 2 is 2.50 bits per heavy atom. The summed E-state index contributed by atoms with van der Waals surface area (Å²) in [6.45, 7) is 2.18. The number of nitrogens with one attached hydrogen (secondary N) is 2. The zero-order valence-electron chi connectivity index (χ0n) is 10.4. The molecule has 1 aromatic carbocycles. The Balaban J connectivity index is 1.71. The molecule has 0 bridgehead atoms. The number of anilines is 1. The van der Waals surface area contributed by atoms with Crippen LogP contribution in [0.5, 0.6) is 0 Å². The Labute approximate surface area is 115 Å². The van der Waals surface area contributed by atoms with Crippen molar-refractivity contribution in [1.82, 2.24) is 10.3 Å². The van der Waals surface area contributed by atoms with E-state index in [-0.39, 0.29) is 0 Å². The summed E-state index contributed by atoms with van der Waals surface area (Å²) >= 11 is 3.48. The van der Waals surface area contributed by atoms with Crippen LogP contribution in [-0.4, -0.2) is 30.4 Å². The van der Waals surface area contributed by atoms with Crippen LogP contribution < -0.4 is 10.6 Å². The molecule has 3 rings (SSSR count). The largest absolute Gasteiger partial charge is 0.383 e. The van der Waals surface area contributed by atoms with Crippen LogP contribution in [0, 0.1) is 0 Å². The van der Waals surface area contributed by atoms with Crippen molar-refractivity contribution in [1.29, 1.82) is 0 Å². The monoisotopic (exact) mass is 279 g/mol. The molecule has 1 fully saturated rings. The molecule has 1 aliphatic rings. The lowest BCUT2D eigenvalue weighted by Gasteiger charge is -2.12. The molecule has 96 valence electrons. The molecule has 0 aliphatic carbocycles. The van der Waals surface area contributed by atoms with Crippen molar-refractivity contribution >= 4 is 39.0 Å². The molecule has 0 amide bonds. The van der Waals surface area contributed by atoms with Crippen LogP contribution in [0.3, 0.4) is 0 Å². The van der Waals surface area contributed by atoms with Crippen molar-refractivity contribution in [3.05, 3.63) is 18.2 Å². The van der Waals surface area contributed by atoms with Gasteiger partial charge in [0.1, 0.15) is 0 Å². The molecule has 1 unspecified atom stereocenters. The highest BCUT2D eigenvalue weighted by Gasteiger charge is 2.13. The van der Waals surface area contributed by atoms with Crippen LogP contribution in [-0.2, 0) is 0 Å². The Bertz CT molecular complexity index is 532. The Morgan fingerprint density at radius 1 is 1.56 bits per heavy atom. The topological polar surface area (TPSA) is 37.0 Å². The van der Waals surface area contributed by atoms with Gasteiger partial charge in [-0.1, -0.05) is 11.8 Å². The summed E-state index contributed by atoms with van der Waals surface area (Å²) in [5.74, 6) is 0. The first-order valence-corrected chi connectivity index (χ1v) is 8.31. The minimum atomic E-state index is 0.629. The predicted molar refractivity (Wildman–Crippen MR) is 80.9 cm³/mol. The standard InChI is InChI=1S/C13H17N3S2/c1-17-13-16-11-5-4-9(7-12(11)18-13)15-8-10-3-2-6-14-10/h4-5,7,10,14-15H,2-3,6,8H2,1H3. The lowest BCUT2D eigenvalue weighted by atomic mass is 10.2. The molecule has 0 saturated carbocycles. The molecule has 18 heavy (non-hydrogen) atoms. The van der Waals surface area contributed by atoms with Crippen LogP contribution in [0.4, 0.5) is 5.69 Å². The molecule has 5 heteroatoms. The van der Waals surface area contributed by atoms with Crippen molar-refractivity contribution < 1.29 is 0 Å². The number of rotatable bonds is 4. The van der Waals surface area contributed by atoms with E-state index in [1.807, 2.05) is 0 Å². The van der Waals surface area contributed by atoms with Gasteiger partial charge < -0.3 is 10.6 Å². The van der Waals surface area contributed by atoms with Gasteiger partial charge in [-0.25, -0.2) is 4.98 Å². The van der Waals surface area contributed by atoms with Crippen molar-refractivity contribution in [2.45, 2.75) is 23.2 Å². The maximum Gasteiger partial charge on any atom is 0.150 e. The van der Waals surface area contributed by atoms with E-state index < -0.39 is 0 Å². The summed E-state index contributed by atoms with van der Waals surface area (Å²) < 4.78 is 2.41. The van der Waals surface area contributed by atoms with Crippen LogP contribution in [0.2, 0.25) is 0 Å². The number of hydrogen-bond acceptors (Lipinski definition) is 5. The van der Waals surface area contributed by atoms with Gasteiger partial charge in [0.05, 0.1) is 10.2 Å². The fourth-order valence-electron chi connectivity index (χ4n) is 2.27. The van der Waals surface area contributed by atoms with Crippen LogP contribution in [0.15, 0.2) is 22.5 Å². The lowest BCUT2D eigenvalue weighted by molar-refractivity contribution is 0.633. The zero-order chi connectivity index (χ0) is 12.4. The molecule has 0 spiro atoms. The molecule has 2 heterocycles. The van der Waals surface area contributed by atoms with E-state index in [0.29, 0.717) is 6.04 Å². The first kappa shape index (κ1) is 12.3. The normalized spacial score (nSPS) is 19.5. The number of thiazole rings is 1. The Morgan fingerprint density at radius 3 is 3.28 bits per heavy atom. The molecule has 1 aromatic heterocycles. The van der Waals surface area contributed by atoms with Crippen molar-refractivity contribution in [3.8, 4) is 0 Å². The fraction of sp³-hybridized carbons (Fsp3) is 0.462. The SMILES string of the molecule is CSc1nc2ccc(NCC3CCCN3)cc2s1. The summed E-state index contributed by atoms with van der Waals surface area (Å²) in [5, 5.41) is 7.02. The summed E-state index contributed by atoms with van der Waals surface area (Å²) in [4.78, 5) is 4.55. The van der Waals surface area contributed by atoms with Crippen LogP contribution >= 0.6 is 23.1 Å². The van der Waals surface area contributed by atoms with E-state index in [2.05, 4.69) is 40.1 Å². The second-order valence-corrected chi connectivity index (χ2v) is 6.62. The second kappa shape index (κ2) is 5.47. The van der Waals surface area contributed by atoms with E-state index in [1.165, 1.54) is 23.2 Å². The van der Waals surface area contributed by atoms with Crippen LogP contribution in [0.1, 0.15) is 12.8 Å². The zero-order valence-corrected chi connectivity index (χ0v) is 12.0. The third-order valence-electron chi connectivity index (χ3n) is 3.26. The van der Waals surface area contributed by atoms with E-state index >= 15 is 0 Å². The third kappa shape index (κ3) is 2.63. The number of nitrogens with zero attached hydrogens (tertiary/aromatic N) is 1. The smallest absolute Gasteiger partial charge is 0.150 e. The summed E-state index contributed by atoms with van der Waals surface area (Å²) in [5.41, 5.74) is 2.31. The molecule has 3 nitrogen and oxygen atoms in total. The highest BCUT2D eigenvalue weighted by Crippen LogP contribution is 2.29. The van der Waals surface area contributed by atoms with Gasteiger partial charge in [-0.05, 0) is 43.8 Å². The maximum absolute atomic E-state index is 4.55. The maximum atomic E-state index is 4.55. The van der Waals surface area contributed by atoms with E-state index in [0.717, 1.165) is 22.9 Å². The highest BCUT2D eigenvalue weighted by molar-refractivity contribution is 8.00. The number of hydrogen-bond donors (Lipinski definition) is 2. The molecule has 1 saturated heterocycles. The summed E-state index contributed by atoms with van der Waals surface area (Å²) in [6, 6.07) is 7.07. The van der Waals surface area contributed by atoms with Gasteiger partial charge in [-0.15, -0.1) is 11.3 Å². The molecule has 1 atom stereocenters. The molecule has 2 aromatic rings. The number of benzene rings is 1. The van der Waals surface area contributed by atoms with Gasteiger partial charge in [0.25, 0.3) is 0 Å². The minimum absolute atomic E-state index is 0.629. The minimum Gasteiger partial charge on any atom is -0.383 e. The Kier molecular flexibility index (Phi) is 3.72. The third-order valence-corrected chi connectivity index (χ3v) is 5.26. The number of thioether (sulfide) groups is 1. The van der Waals surface area contributed by atoms with Gasteiger partial charge in [0, 0.05) is 18.3 Å². The molecule has 2 N–H and O–H groups in total. The first-order chi connectivity index (χ1) is 8.85. The van der Waals surface area contributed by atoms with Crippen molar-refractivity contribution in [3.63, 3.8) is 0 Å². The quantitative estimate of drug-likeness (QED) is 0.843. The van der Waals surface area contributed by atoms with Crippen LogP contribution in [0.25, 0.3) is 10.2 Å². The fourth-order valence-corrected chi connectivity index (χ4v) is 3.80. The Hall–Kier alpha value is -0.780. The predicted octanol–water partition coefficient (Wildman–Crippen LogP) is 3.18. The average molecular weight is 279 g/mol. The van der Waals surface area contributed by atoms with Crippen molar-refractivity contribution in [2.75, 3.05) is 24.7 Å². The van der Waals surface area contributed by atoms with Crippen molar-refractivity contribution in [2.24, 2.45) is 0 Å². The summed E-state index contributed by atoms with van der Waals surface area (Å²) in [6.07, 6.45) is 4.66. The highest BCUT2D eigenvalue weighted by atomic mass is 32.2. The average Bonchev–Trinajstić information content (AvgIpc) is 3.04. The lowest BCUT2D eigenvalue weighted by Crippen LogP contribution is -2.29. The molecular formula is C13H17N3S2. The van der Waals surface area contributed by atoms with Gasteiger partial charge >= 0.3 is 0 Å². The number of aromatic nitrogens is 1. The second-order valence-electron chi connectivity index (χ2n) is 4.54. The van der Waals surface area contributed by atoms with Gasteiger partial charge in [-0.3, -0.25) is 0 Å². The van der Waals surface area contributed by atoms with Gasteiger partial charge in [0.2, 0.25) is 0 Å².